The quantitative estimate of drug-likeness (QED) is 0.805. The van der Waals surface area contributed by atoms with Gasteiger partial charge in [-0.25, -0.2) is 9.78 Å². The third-order valence-electron chi connectivity index (χ3n) is 2.28. The lowest BCUT2D eigenvalue weighted by molar-refractivity contribution is 0.202. The van der Waals surface area contributed by atoms with E-state index in [2.05, 4.69) is 10.3 Å². The Hall–Kier alpha value is -1.49. The third kappa shape index (κ3) is 2.76. The predicted octanol–water partition coefficient (Wildman–Crippen LogP) is 1.14. The molecule has 2 amide bonds. The van der Waals surface area contributed by atoms with Crippen LogP contribution in [-0.4, -0.2) is 42.2 Å². The van der Waals surface area contributed by atoms with E-state index in [1.807, 2.05) is 0 Å². The molecular weight excluding hydrogens is 230 g/mol. The molecule has 5 nitrogen and oxygen atoms in total. The van der Waals surface area contributed by atoms with E-state index in [4.69, 9.17) is 16.3 Å². The molecular formula is C10H12ClN3O2. The van der Waals surface area contributed by atoms with E-state index in [0.717, 1.165) is 6.54 Å². The Morgan fingerprint density at radius 1 is 1.56 bits per heavy atom. The zero-order valence-electron chi connectivity index (χ0n) is 8.65. The molecule has 1 saturated heterocycles. The van der Waals surface area contributed by atoms with Crippen molar-refractivity contribution < 1.29 is 9.53 Å². The van der Waals surface area contributed by atoms with Gasteiger partial charge in [0.05, 0.1) is 12.7 Å². The number of nitrogens with zero attached hydrogens (tertiary/aromatic N) is 2. The van der Waals surface area contributed by atoms with E-state index in [9.17, 15) is 4.79 Å². The summed E-state index contributed by atoms with van der Waals surface area (Å²) in [7, 11) is 0. The van der Waals surface area contributed by atoms with Crippen molar-refractivity contribution in [3.8, 4) is 5.75 Å². The third-order valence-corrected chi connectivity index (χ3v) is 2.50. The standard InChI is InChI=1S/C10H12ClN3O2/c11-9-2-1-8(7-13-9)16-6-5-14-4-3-12-10(14)15/h1-2,7H,3-6H2,(H,12,15). The van der Waals surface area contributed by atoms with Gasteiger partial charge in [0.2, 0.25) is 0 Å². The molecule has 1 aromatic heterocycles. The average molecular weight is 242 g/mol. The average Bonchev–Trinajstić information content (AvgIpc) is 2.68. The van der Waals surface area contributed by atoms with E-state index in [1.165, 1.54) is 0 Å². The van der Waals surface area contributed by atoms with Crippen LogP contribution in [0, 0.1) is 0 Å². The van der Waals surface area contributed by atoms with Gasteiger partial charge in [-0.15, -0.1) is 0 Å². The molecule has 1 aromatic rings. The van der Waals surface area contributed by atoms with E-state index in [1.54, 1.807) is 23.2 Å². The number of aromatic nitrogens is 1. The van der Waals surface area contributed by atoms with Crippen LogP contribution in [-0.2, 0) is 0 Å². The number of carbonyl (C=O) groups excluding carboxylic acids is 1. The molecule has 0 atom stereocenters. The monoisotopic (exact) mass is 241 g/mol. The second kappa shape index (κ2) is 5.03. The first-order chi connectivity index (χ1) is 7.75. The maximum absolute atomic E-state index is 11.2. The van der Waals surface area contributed by atoms with Crippen LogP contribution in [0.5, 0.6) is 5.75 Å². The van der Waals surface area contributed by atoms with Crippen LogP contribution < -0.4 is 10.1 Å². The van der Waals surface area contributed by atoms with Crippen molar-refractivity contribution in [2.24, 2.45) is 0 Å². The summed E-state index contributed by atoms with van der Waals surface area (Å²) < 4.78 is 5.43. The topological polar surface area (TPSA) is 54.5 Å². The first-order valence-electron chi connectivity index (χ1n) is 5.03. The molecule has 2 rings (SSSR count). The summed E-state index contributed by atoms with van der Waals surface area (Å²) >= 11 is 5.64. The van der Waals surface area contributed by atoms with Crippen molar-refractivity contribution in [1.82, 2.24) is 15.2 Å². The lowest BCUT2D eigenvalue weighted by Gasteiger charge is -2.14. The van der Waals surface area contributed by atoms with Crippen LogP contribution in [0.3, 0.4) is 0 Å². The summed E-state index contributed by atoms with van der Waals surface area (Å²) in [5, 5.41) is 3.16. The Bertz CT molecular complexity index is 369. The predicted molar refractivity (Wildman–Crippen MR) is 59.7 cm³/mol. The Kier molecular flexibility index (Phi) is 3.46. The fraction of sp³-hybridized carbons (Fsp3) is 0.400. The van der Waals surface area contributed by atoms with Crippen LogP contribution in [0.2, 0.25) is 5.15 Å². The fourth-order valence-corrected chi connectivity index (χ4v) is 1.56. The van der Waals surface area contributed by atoms with Crippen molar-refractivity contribution in [3.05, 3.63) is 23.5 Å². The maximum atomic E-state index is 11.2. The number of amides is 2. The van der Waals surface area contributed by atoms with Gasteiger partial charge in [-0.2, -0.15) is 0 Å². The molecule has 1 aliphatic heterocycles. The van der Waals surface area contributed by atoms with Crippen molar-refractivity contribution in [2.75, 3.05) is 26.2 Å². The Morgan fingerprint density at radius 2 is 2.44 bits per heavy atom. The molecule has 86 valence electrons. The van der Waals surface area contributed by atoms with Crippen LogP contribution in [0.15, 0.2) is 18.3 Å². The lowest BCUT2D eigenvalue weighted by atomic mass is 10.4. The van der Waals surface area contributed by atoms with Gasteiger partial charge in [0.1, 0.15) is 17.5 Å². The zero-order valence-corrected chi connectivity index (χ0v) is 9.41. The van der Waals surface area contributed by atoms with E-state index in [0.29, 0.717) is 30.6 Å². The summed E-state index contributed by atoms with van der Waals surface area (Å²) in [6.45, 7) is 2.48. The van der Waals surface area contributed by atoms with Crippen molar-refractivity contribution in [1.29, 1.82) is 0 Å². The fourth-order valence-electron chi connectivity index (χ4n) is 1.45. The highest BCUT2D eigenvalue weighted by atomic mass is 35.5. The largest absolute Gasteiger partial charge is 0.490 e. The van der Waals surface area contributed by atoms with E-state index < -0.39 is 0 Å². The molecule has 0 spiro atoms. The molecule has 0 aliphatic carbocycles. The second-order valence-electron chi connectivity index (χ2n) is 3.38. The van der Waals surface area contributed by atoms with Gasteiger partial charge in [0.25, 0.3) is 0 Å². The minimum absolute atomic E-state index is 0.0298. The van der Waals surface area contributed by atoms with Crippen LogP contribution in [0.4, 0.5) is 4.79 Å². The van der Waals surface area contributed by atoms with Gasteiger partial charge in [0.15, 0.2) is 0 Å². The normalized spacial score (nSPS) is 15.1. The van der Waals surface area contributed by atoms with Gasteiger partial charge in [-0.05, 0) is 12.1 Å². The molecule has 2 heterocycles. The Labute approximate surface area is 98.4 Å². The van der Waals surface area contributed by atoms with Gasteiger partial charge < -0.3 is 15.0 Å². The van der Waals surface area contributed by atoms with E-state index in [-0.39, 0.29) is 6.03 Å². The van der Waals surface area contributed by atoms with Crippen molar-refractivity contribution in [2.45, 2.75) is 0 Å². The summed E-state index contributed by atoms with van der Waals surface area (Å²) in [6, 6.07) is 3.39. The van der Waals surface area contributed by atoms with Crippen molar-refractivity contribution >= 4 is 17.6 Å². The number of nitrogens with one attached hydrogen (secondary N) is 1. The van der Waals surface area contributed by atoms with Crippen LogP contribution in [0.1, 0.15) is 0 Å². The minimum Gasteiger partial charge on any atom is -0.490 e. The van der Waals surface area contributed by atoms with Crippen molar-refractivity contribution in [3.63, 3.8) is 0 Å². The molecule has 16 heavy (non-hydrogen) atoms. The first kappa shape index (κ1) is 11.0. The summed E-state index contributed by atoms with van der Waals surface area (Å²) in [6.07, 6.45) is 1.56. The molecule has 1 N–H and O–H groups in total. The number of rotatable bonds is 4. The highest BCUT2D eigenvalue weighted by molar-refractivity contribution is 6.29. The molecule has 0 saturated carbocycles. The molecule has 1 aliphatic rings. The maximum Gasteiger partial charge on any atom is 0.317 e. The van der Waals surface area contributed by atoms with Gasteiger partial charge >= 0.3 is 6.03 Å². The van der Waals surface area contributed by atoms with Gasteiger partial charge in [0, 0.05) is 13.1 Å². The summed E-state index contributed by atoms with van der Waals surface area (Å²) in [4.78, 5) is 16.8. The van der Waals surface area contributed by atoms with E-state index >= 15 is 0 Å². The number of ether oxygens (including phenoxy) is 1. The molecule has 6 heteroatoms. The highest BCUT2D eigenvalue weighted by Gasteiger charge is 2.18. The highest BCUT2D eigenvalue weighted by Crippen LogP contribution is 2.11. The summed E-state index contributed by atoms with van der Waals surface area (Å²) in [5.41, 5.74) is 0. The molecule has 0 bridgehead atoms. The SMILES string of the molecule is O=C1NCCN1CCOc1ccc(Cl)nc1. The lowest BCUT2D eigenvalue weighted by Crippen LogP contribution is -2.31. The number of urea groups is 1. The Morgan fingerprint density at radius 3 is 3.06 bits per heavy atom. The molecule has 0 unspecified atom stereocenters. The molecule has 1 fully saturated rings. The smallest absolute Gasteiger partial charge is 0.317 e. The van der Waals surface area contributed by atoms with Gasteiger partial charge in [-0.3, -0.25) is 0 Å². The number of pyridine rings is 1. The van der Waals surface area contributed by atoms with Gasteiger partial charge in [-0.1, -0.05) is 11.6 Å². The Balaban J connectivity index is 1.75. The number of hydrogen-bond acceptors (Lipinski definition) is 3. The molecule has 0 aromatic carbocycles. The number of hydrogen-bond donors (Lipinski definition) is 1. The first-order valence-corrected chi connectivity index (χ1v) is 5.40. The zero-order chi connectivity index (χ0) is 11.4. The summed E-state index contributed by atoms with van der Waals surface area (Å²) in [5.74, 6) is 0.656. The molecule has 0 radical (unpaired) electrons. The number of carbonyl (C=O) groups is 1. The minimum atomic E-state index is -0.0298. The second-order valence-corrected chi connectivity index (χ2v) is 3.77. The van der Waals surface area contributed by atoms with Crippen LogP contribution in [0.25, 0.3) is 0 Å². The van der Waals surface area contributed by atoms with Crippen LogP contribution >= 0.6 is 11.6 Å². The number of halogens is 1.